The summed E-state index contributed by atoms with van der Waals surface area (Å²) >= 11 is 0. The van der Waals surface area contributed by atoms with Gasteiger partial charge in [-0.25, -0.2) is 0 Å². The molecule has 1 aliphatic rings. The lowest BCUT2D eigenvalue weighted by atomic mass is 10.0. The molecule has 1 aliphatic carbocycles. The van der Waals surface area contributed by atoms with Crippen molar-refractivity contribution in [3.8, 4) is 0 Å². The SMILES string of the molecule is CCC(C)(N)C(=O)O.CCC(N)C(=O)O.NC1(C(=O)O)CC1. The first-order valence-corrected chi connectivity index (χ1v) is 6.87. The van der Waals surface area contributed by atoms with Crippen molar-refractivity contribution in [2.24, 2.45) is 17.2 Å². The minimum Gasteiger partial charge on any atom is -0.480 e. The van der Waals surface area contributed by atoms with Crippen LogP contribution in [0, 0.1) is 0 Å². The fourth-order valence-corrected chi connectivity index (χ4v) is 0.674. The Bertz CT molecular complexity index is 393. The van der Waals surface area contributed by atoms with Crippen LogP contribution in [0.4, 0.5) is 0 Å². The largest absolute Gasteiger partial charge is 0.480 e. The molecule has 0 amide bonds. The van der Waals surface area contributed by atoms with Crippen molar-refractivity contribution in [3.63, 3.8) is 0 Å². The zero-order valence-corrected chi connectivity index (χ0v) is 13.2. The van der Waals surface area contributed by atoms with Gasteiger partial charge in [-0.15, -0.1) is 0 Å². The normalized spacial score (nSPS) is 18.3. The summed E-state index contributed by atoms with van der Waals surface area (Å²) in [6.45, 7) is 4.97. The van der Waals surface area contributed by atoms with E-state index in [1.807, 2.05) is 0 Å². The highest BCUT2D eigenvalue weighted by atomic mass is 16.4. The summed E-state index contributed by atoms with van der Waals surface area (Å²) in [6.07, 6.45) is 2.24. The van der Waals surface area contributed by atoms with E-state index < -0.39 is 35.0 Å². The van der Waals surface area contributed by atoms with E-state index in [0.29, 0.717) is 25.7 Å². The van der Waals surface area contributed by atoms with Crippen molar-refractivity contribution in [3.05, 3.63) is 0 Å². The summed E-state index contributed by atoms with van der Waals surface area (Å²) in [6, 6.07) is -0.681. The minimum atomic E-state index is -1.04. The molecule has 22 heavy (non-hydrogen) atoms. The number of aliphatic carboxylic acids is 3. The third-order valence-electron chi connectivity index (χ3n) is 3.19. The van der Waals surface area contributed by atoms with Gasteiger partial charge >= 0.3 is 17.9 Å². The quantitative estimate of drug-likeness (QED) is 0.390. The van der Waals surface area contributed by atoms with E-state index in [9.17, 15) is 14.4 Å². The Balaban J connectivity index is 0. The average molecular weight is 321 g/mol. The summed E-state index contributed by atoms with van der Waals surface area (Å²) in [4.78, 5) is 29.9. The molecule has 0 aliphatic heterocycles. The van der Waals surface area contributed by atoms with Crippen LogP contribution in [0.3, 0.4) is 0 Å². The Hall–Kier alpha value is -1.71. The molecule has 0 saturated heterocycles. The van der Waals surface area contributed by atoms with Crippen LogP contribution in [-0.2, 0) is 14.4 Å². The van der Waals surface area contributed by atoms with Crippen molar-refractivity contribution < 1.29 is 29.7 Å². The molecule has 130 valence electrons. The molecular weight excluding hydrogens is 294 g/mol. The van der Waals surface area contributed by atoms with Crippen molar-refractivity contribution >= 4 is 17.9 Å². The van der Waals surface area contributed by atoms with Gasteiger partial charge < -0.3 is 32.5 Å². The molecule has 0 aromatic rings. The number of hydrogen-bond acceptors (Lipinski definition) is 6. The molecular formula is C13H27N3O6. The van der Waals surface area contributed by atoms with E-state index in [4.69, 9.17) is 32.5 Å². The van der Waals surface area contributed by atoms with Crippen molar-refractivity contribution in [1.82, 2.24) is 0 Å². The second-order valence-corrected chi connectivity index (χ2v) is 5.39. The van der Waals surface area contributed by atoms with Gasteiger partial charge in [0.2, 0.25) is 0 Å². The van der Waals surface area contributed by atoms with Gasteiger partial charge in [-0.2, -0.15) is 0 Å². The maximum absolute atomic E-state index is 10.1. The highest BCUT2D eigenvalue weighted by molar-refractivity contribution is 5.81. The van der Waals surface area contributed by atoms with E-state index in [2.05, 4.69) is 0 Å². The molecule has 9 N–H and O–H groups in total. The van der Waals surface area contributed by atoms with Crippen LogP contribution in [0.1, 0.15) is 46.5 Å². The van der Waals surface area contributed by atoms with Gasteiger partial charge in [0.1, 0.15) is 17.1 Å². The van der Waals surface area contributed by atoms with Crippen LogP contribution in [0.15, 0.2) is 0 Å². The Morgan fingerprint density at radius 1 is 1.18 bits per heavy atom. The molecule has 0 heterocycles. The minimum absolute atomic E-state index is 0.461. The number of rotatable bonds is 5. The number of nitrogens with two attached hydrogens (primary N) is 3. The topological polar surface area (TPSA) is 190 Å². The maximum atomic E-state index is 10.1. The van der Waals surface area contributed by atoms with Crippen LogP contribution in [0.2, 0.25) is 0 Å². The first-order valence-electron chi connectivity index (χ1n) is 6.87. The van der Waals surface area contributed by atoms with E-state index in [1.165, 1.54) is 6.92 Å². The molecule has 1 saturated carbocycles. The molecule has 0 radical (unpaired) electrons. The standard InChI is InChI=1S/C5H11NO2.C4H7NO2.C4H9NO2/c1-3-5(2,6)4(7)8;5-4(1-2-4)3(6)7;1-2-3(5)4(6)7/h3,6H2,1-2H3,(H,7,8);1-2,5H2,(H,6,7);3H,2,5H2,1H3,(H,6,7). The Morgan fingerprint density at radius 3 is 1.59 bits per heavy atom. The van der Waals surface area contributed by atoms with Crippen LogP contribution in [-0.4, -0.2) is 50.3 Å². The van der Waals surface area contributed by atoms with Crippen LogP contribution in [0.25, 0.3) is 0 Å². The van der Waals surface area contributed by atoms with Gasteiger partial charge in [0.05, 0.1) is 0 Å². The van der Waals surface area contributed by atoms with Crippen LogP contribution >= 0.6 is 0 Å². The lowest BCUT2D eigenvalue weighted by Crippen LogP contribution is -2.43. The molecule has 1 rings (SSSR count). The molecule has 9 nitrogen and oxygen atoms in total. The molecule has 0 aromatic carbocycles. The smallest absolute Gasteiger partial charge is 0.323 e. The van der Waals surface area contributed by atoms with Gasteiger partial charge in [-0.05, 0) is 32.6 Å². The summed E-state index contributed by atoms with van der Waals surface area (Å²) < 4.78 is 0. The highest BCUT2D eigenvalue weighted by Gasteiger charge is 2.46. The Morgan fingerprint density at radius 2 is 1.59 bits per heavy atom. The monoisotopic (exact) mass is 321 g/mol. The molecule has 0 spiro atoms. The number of carboxylic acid groups (broad SMARTS) is 3. The summed E-state index contributed by atoms with van der Waals surface area (Å²) in [5.74, 6) is -2.74. The summed E-state index contributed by atoms with van der Waals surface area (Å²) in [5.41, 5.74) is 13.6. The van der Waals surface area contributed by atoms with Crippen molar-refractivity contribution in [2.45, 2.75) is 63.6 Å². The molecule has 2 atom stereocenters. The first kappa shape index (κ1) is 22.6. The van der Waals surface area contributed by atoms with E-state index in [0.717, 1.165) is 0 Å². The third kappa shape index (κ3) is 9.27. The van der Waals surface area contributed by atoms with Crippen molar-refractivity contribution in [1.29, 1.82) is 0 Å². The predicted octanol–water partition coefficient (Wildman–Crippen LogP) is -0.431. The van der Waals surface area contributed by atoms with Crippen LogP contribution in [0.5, 0.6) is 0 Å². The average Bonchev–Trinajstić information content (AvgIpc) is 3.18. The number of carboxylic acids is 3. The molecule has 2 unspecified atom stereocenters. The lowest BCUT2D eigenvalue weighted by molar-refractivity contribution is -0.143. The summed E-state index contributed by atoms with van der Waals surface area (Å²) in [5, 5.41) is 24.6. The number of hydrogen-bond donors (Lipinski definition) is 6. The Kier molecular flexibility index (Phi) is 9.58. The third-order valence-corrected chi connectivity index (χ3v) is 3.19. The molecule has 0 bridgehead atoms. The van der Waals surface area contributed by atoms with E-state index in [1.54, 1.807) is 13.8 Å². The zero-order valence-electron chi connectivity index (χ0n) is 13.2. The highest BCUT2D eigenvalue weighted by Crippen LogP contribution is 2.31. The first-order chi connectivity index (χ1) is 9.84. The maximum Gasteiger partial charge on any atom is 0.323 e. The van der Waals surface area contributed by atoms with Gasteiger partial charge in [0.15, 0.2) is 0 Å². The second kappa shape index (κ2) is 9.34. The fourth-order valence-electron chi connectivity index (χ4n) is 0.674. The van der Waals surface area contributed by atoms with Gasteiger partial charge in [0, 0.05) is 0 Å². The zero-order chi connectivity index (χ0) is 18.1. The molecule has 9 heteroatoms. The lowest BCUT2D eigenvalue weighted by Gasteiger charge is -2.14. The predicted molar refractivity (Wildman–Crippen MR) is 80.2 cm³/mol. The van der Waals surface area contributed by atoms with Crippen molar-refractivity contribution in [2.75, 3.05) is 0 Å². The Labute approximate surface area is 129 Å². The van der Waals surface area contributed by atoms with Gasteiger partial charge in [-0.1, -0.05) is 13.8 Å². The van der Waals surface area contributed by atoms with E-state index in [-0.39, 0.29) is 0 Å². The molecule has 1 fully saturated rings. The van der Waals surface area contributed by atoms with Crippen LogP contribution < -0.4 is 17.2 Å². The van der Waals surface area contributed by atoms with Gasteiger partial charge in [0.25, 0.3) is 0 Å². The molecule has 0 aromatic heterocycles. The van der Waals surface area contributed by atoms with E-state index >= 15 is 0 Å². The van der Waals surface area contributed by atoms with Gasteiger partial charge in [-0.3, -0.25) is 14.4 Å². The summed E-state index contributed by atoms with van der Waals surface area (Å²) in [7, 11) is 0. The second-order valence-electron chi connectivity index (χ2n) is 5.39. The number of carbonyl (C=O) groups is 3. The fraction of sp³-hybridized carbons (Fsp3) is 0.769.